The van der Waals surface area contributed by atoms with Crippen LogP contribution in [0.5, 0.6) is 0 Å². The highest BCUT2D eigenvalue weighted by Gasteiger charge is 2.41. The van der Waals surface area contributed by atoms with Gasteiger partial charge in [0.05, 0.1) is 5.41 Å². The number of rotatable bonds is 5. The standard InChI is InChI=1S/C24H23NO2S/c26-23(24(14-16-27-17-15-24)19-8-3-1-4-9-19)25-20-10-7-13-22(18-20)28-21-11-5-2-6-12-21/h1-13,18H,14-17H2,(H,25,26). The Morgan fingerprint density at radius 1 is 0.821 bits per heavy atom. The van der Waals surface area contributed by atoms with Gasteiger partial charge in [0.2, 0.25) is 5.91 Å². The predicted octanol–water partition coefficient (Wildman–Crippen LogP) is 5.52. The van der Waals surface area contributed by atoms with Crippen molar-refractivity contribution < 1.29 is 9.53 Å². The predicted molar refractivity (Wildman–Crippen MR) is 114 cm³/mol. The molecule has 3 nitrogen and oxygen atoms in total. The van der Waals surface area contributed by atoms with E-state index in [0.29, 0.717) is 26.1 Å². The second-order valence-electron chi connectivity index (χ2n) is 6.96. The van der Waals surface area contributed by atoms with Crippen LogP contribution >= 0.6 is 11.8 Å². The maximum atomic E-state index is 13.4. The van der Waals surface area contributed by atoms with Gasteiger partial charge in [-0.15, -0.1) is 0 Å². The van der Waals surface area contributed by atoms with Crippen LogP contribution in [0.1, 0.15) is 18.4 Å². The summed E-state index contributed by atoms with van der Waals surface area (Å²) in [6.45, 7) is 1.21. The Morgan fingerprint density at radius 2 is 1.46 bits per heavy atom. The Morgan fingerprint density at radius 3 is 2.18 bits per heavy atom. The Kier molecular flexibility index (Phi) is 5.79. The number of hydrogen-bond donors (Lipinski definition) is 1. The number of hydrogen-bond acceptors (Lipinski definition) is 3. The van der Waals surface area contributed by atoms with Crippen molar-refractivity contribution in [3.63, 3.8) is 0 Å². The van der Waals surface area contributed by atoms with Gasteiger partial charge in [-0.05, 0) is 48.7 Å². The molecule has 1 N–H and O–H groups in total. The second kappa shape index (κ2) is 8.63. The molecule has 28 heavy (non-hydrogen) atoms. The molecule has 4 heteroatoms. The number of benzene rings is 3. The minimum Gasteiger partial charge on any atom is -0.381 e. The van der Waals surface area contributed by atoms with Gasteiger partial charge in [-0.3, -0.25) is 4.79 Å². The number of amides is 1. The fourth-order valence-electron chi connectivity index (χ4n) is 3.64. The summed E-state index contributed by atoms with van der Waals surface area (Å²) in [5.41, 5.74) is 1.35. The molecule has 1 heterocycles. The lowest BCUT2D eigenvalue weighted by Gasteiger charge is -2.36. The molecule has 0 aliphatic carbocycles. The number of nitrogens with one attached hydrogen (secondary N) is 1. The largest absolute Gasteiger partial charge is 0.381 e. The third-order valence-electron chi connectivity index (χ3n) is 5.18. The SMILES string of the molecule is O=C(Nc1cccc(Sc2ccccc2)c1)C1(c2ccccc2)CCOCC1. The Balaban J connectivity index is 1.56. The average Bonchev–Trinajstić information content (AvgIpc) is 2.76. The van der Waals surface area contributed by atoms with Gasteiger partial charge in [-0.25, -0.2) is 0 Å². The molecule has 142 valence electrons. The summed E-state index contributed by atoms with van der Waals surface area (Å²) in [5, 5.41) is 3.17. The van der Waals surface area contributed by atoms with Crippen molar-refractivity contribution in [3.05, 3.63) is 90.5 Å². The highest BCUT2D eigenvalue weighted by atomic mass is 32.2. The summed E-state index contributed by atoms with van der Waals surface area (Å²) in [6, 6.07) is 28.4. The first-order valence-electron chi connectivity index (χ1n) is 9.54. The number of ether oxygens (including phenoxy) is 1. The molecule has 0 unspecified atom stereocenters. The van der Waals surface area contributed by atoms with Gasteiger partial charge >= 0.3 is 0 Å². The summed E-state index contributed by atoms with van der Waals surface area (Å²) in [7, 11) is 0. The Labute approximate surface area is 170 Å². The van der Waals surface area contributed by atoms with E-state index < -0.39 is 5.41 Å². The van der Waals surface area contributed by atoms with Crippen molar-refractivity contribution in [3.8, 4) is 0 Å². The first kappa shape index (κ1) is 18.8. The van der Waals surface area contributed by atoms with Gasteiger partial charge in [0.1, 0.15) is 0 Å². The van der Waals surface area contributed by atoms with E-state index in [9.17, 15) is 4.79 Å². The lowest BCUT2D eigenvalue weighted by Crippen LogP contribution is -2.44. The fourth-order valence-corrected chi connectivity index (χ4v) is 4.53. The topological polar surface area (TPSA) is 38.3 Å². The van der Waals surface area contributed by atoms with Crippen molar-refractivity contribution >= 4 is 23.4 Å². The van der Waals surface area contributed by atoms with Gasteiger partial charge in [0.15, 0.2) is 0 Å². The zero-order valence-electron chi connectivity index (χ0n) is 15.6. The van der Waals surface area contributed by atoms with E-state index >= 15 is 0 Å². The van der Waals surface area contributed by atoms with Crippen LogP contribution in [0.2, 0.25) is 0 Å². The van der Waals surface area contributed by atoms with Gasteiger partial charge in [-0.2, -0.15) is 0 Å². The fraction of sp³-hybridized carbons (Fsp3) is 0.208. The molecule has 0 aromatic heterocycles. The first-order chi connectivity index (χ1) is 13.8. The van der Waals surface area contributed by atoms with Gasteiger partial charge in [-0.1, -0.05) is 66.4 Å². The molecule has 4 rings (SSSR count). The van der Waals surface area contributed by atoms with Crippen LogP contribution in [0.4, 0.5) is 5.69 Å². The minimum absolute atomic E-state index is 0.0452. The number of carbonyl (C=O) groups is 1. The van der Waals surface area contributed by atoms with Crippen LogP contribution in [0.15, 0.2) is 94.7 Å². The Bertz CT molecular complexity index is 922. The van der Waals surface area contributed by atoms with Crippen molar-refractivity contribution in [2.45, 2.75) is 28.0 Å². The number of carbonyl (C=O) groups excluding carboxylic acids is 1. The van der Waals surface area contributed by atoms with Gasteiger partial charge in [0, 0.05) is 28.7 Å². The van der Waals surface area contributed by atoms with Crippen LogP contribution in [-0.4, -0.2) is 19.1 Å². The molecule has 0 spiro atoms. The van der Waals surface area contributed by atoms with Crippen molar-refractivity contribution in [2.75, 3.05) is 18.5 Å². The van der Waals surface area contributed by atoms with Gasteiger partial charge in [0.25, 0.3) is 0 Å². The smallest absolute Gasteiger partial charge is 0.235 e. The molecule has 0 saturated carbocycles. The van der Waals surface area contributed by atoms with Crippen molar-refractivity contribution in [2.24, 2.45) is 0 Å². The highest BCUT2D eigenvalue weighted by Crippen LogP contribution is 2.36. The third kappa shape index (κ3) is 4.13. The highest BCUT2D eigenvalue weighted by molar-refractivity contribution is 7.99. The van der Waals surface area contributed by atoms with Crippen LogP contribution in [0.3, 0.4) is 0 Å². The van der Waals surface area contributed by atoms with E-state index in [2.05, 4.69) is 23.5 Å². The lowest BCUT2D eigenvalue weighted by molar-refractivity contribution is -0.125. The lowest BCUT2D eigenvalue weighted by atomic mass is 9.73. The molecule has 1 aliphatic rings. The van der Waals surface area contributed by atoms with E-state index in [1.807, 2.05) is 66.7 Å². The summed E-state index contributed by atoms with van der Waals surface area (Å²) in [6.07, 6.45) is 1.39. The summed E-state index contributed by atoms with van der Waals surface area (Å²) >= 11 is 1.69. The molecular formula is C24H23NO2S. The van der Waals surface area contributed by atoms with E-state index in [1.54, 1.807) is 11.8 Å². The van der Waals surface area contributed by atoms with E-state index in [-0.39, 0.29) is 5.91 Å². The zero-order valence-corrected chi connectivity index (χ0v) is 16.5. The van der Waals surface area contributed by atoms with Crippen LogP contribution in [0.25, 0.3) is 0 Å². The third-order valence-corrected chi connectivity index (χ3v) is 6.18. The summed E-state index contributed by atoms with van der Waals surface area (Å²) in [5.74, 6) is 0.0452. The van der Waals surface area contributed by atoms with Crippen molar-refractivity contribution in [1.82, 2.24) is 0 Å². The minimum atomic E-state index is -0.540. The molecule has 1 saturated heterocycles. The number of anilines is 1. The van der Waals surface area contributed by atoms with E-state index in [4.69, 9.17) is 4.74 Å². The quantitative estimate of drug-likeness (QED) is 0.624. The molecule has 3 aromatic rings. The zero-order chi connectivity index (χ0) is 19.2. The molecule has 0 bridgehead atoms. The average molecular weight is 390 g/mol. The molecule has 1 aliphatic heterocycles. The van der Waals surface area contributed by atoms with Gasteiger partial charge < -0.3 is 10.1 Å². The van der Waals surface area contributed by atoms with E-state index in [0.717, 1.165) is 16.1 Å². The summed E-state index contributed by atoms with van der Waals surface area (Å²) < 4.78 is 5.55. The normalized spacial score (nSPS) is 15.7. The van der Waals surface area contributed by atoms with Crippen LogP contribution in [-0.2, 0) is 14.9 Å². The van der Waals surface area contributed by atoms with E-state index in [1.165, 1.54) is 4.90 Å². The maximum Gasteiger partial charge on any atom is 0.235 e. The van der Waals surface area contributed by atoms with Crippen LogP contribution in [0, 0.1) is 0 Å². The van der Waals surface area contributed by atoms with Crippen molar-refractivity contribution in [1.29, 1.82) is 0 Å². The molecule has 0 atom stereocenters. The molecule has 0 radical (unpaired) electrons. The molecule has 3 aromatic carbocycles. The maximum absolute atomic E-state index is 13.4. The first-order valence-corrected chi connectivity index (χ1v) is 10.4. The molecule has 1 amide bonds. The molecule has 1 fully saturated rings. The second-order valence-corrected chi connectivity index (χ2v) is 8.10. The monoisotopic (exact) mass is 389 g/mol. The van der Waals surface area contributed by atoms with Crippen LogP contribution < -0.4 is 5.32 Å². The summed E-state index contributed by atoms with van der Waals surface area (Å²) in [4.78, 5) is 15.7. The molecular weight excluding hydrogens is 366 g/mol. The Hall–Kier alpha value is -2.56.